The van der Waals surface area contributed by atoms with E-state index >= 15 is 0 Å². The number of aromatic nitrogens is 1. The quantitative estimate of drug-likeness (QED) is 0.827. The van der Waals surface area contributed by atoms with Crippen LogP contribution in [0.4, 0.5) is 0 Å². The maximum atomic E-state index is 12.7. The third-order valence-corrected chi connectivity index (χ3v) is 6.37. The molecule has 1 aromatic heterocycles. The second kappa shape index (κ2) is 5.85. The number of carbonyl (C=O) groups excluding carboxylic acids is 1. The molecule has 0 aliphatic carbocycles. The average molecular weight is 333 g/mol. The molecular weight excluding hydrogens is 306 g/mol. The monoisotopic (exact) mass is 333 g/mol. The molecule has 0 radical (unpaired) electrons. The number of amides is 1. The fourth-order valence-electron chi connectivity index (χ4n) is 5.03. The van der Waals surface area contributed by atoms with Crippen LogP contribution < -0.4 is 0 Å². The third-order valence-electron chi connectivity index (χ3n) is 6.37. The summed E-state index contributed by atoms with van der Waals surface area (Å²) in [5.74, 6) is 1.59. The summed E-state index contributed by atoms with van der Waals surface area (Å²) in [4.78, 5) is 21.5. The minimum Gasteiger partial charge on any atom is -0.436 e. The summed E-state index contributed by atoms with van der Waals surface area (Å²) in [6.45, 7) is 11.5. The first-order valence-electron chi connectivity index (χ1n) is 9.09. The number of aryl methyl sites for hydroxylation is 2. The first-order chi connectivity index (χ1) is 11.5. The van der Waals surface area contributed by atoms with Gasteiger partial charge in [0.15, 0.2) is 5.89 Å². The Morgan fingerprint density at radius 2 is 2.04 bits per heavy atom. The second-order valence-corrected chi connectivity index (χ2v) is 7.58. The lowest BCUT2D eigenvalue weighted by molar-refractivity contribution is 0.0381. The smallest absolute Gasteiger partial charge is 0.291 e. The summed E-state index contributed by atoms with van der Waals surface area (Å²) in [6.07, 6.45) is 2.12. The molecule has 4 rings (SSSR count). The molecule has 1 aromatic rings. The van der Waals surface area contributed by atoms with Crippen molar-refractivity contribution in [1.29, 1.82) is 0 Å². The molecule has 3 aliphatic heterocycles. The van der Waals surface area contributed by atoms with E-state index in [9.17, 15) is 4.79 Å². The Morgan fingerprint density at radius 1 is 1.29 bits per heavy atom. The Balaban J connectivity index is 1.47. The van der Waals surface area contributed by atoms with Gasteiger partial charge in [-0.15, -0.1) is 0 Å². The van der Waals surface area contributed by atoms with Crippen LogP contribution in [0.15, 0.2) is 4.42 Å². The molecule has 0 N–H and O–H groups in total. The molecule has 24 heavy (non-hydrogen) atoms. The van der Waals surface area contributed by atoms with Crippen molar-refractivity contribution in [3.05, 3.63) is 17.3 Å². The normalized spacial score (nSPS) is 29.4. The highest BCUT2D eigenvalue weighted by Gasteiger charge is 2.55. The molecular formula is C18H27N3O3. The van der Waals surface area contributed by atoms with E-state index in [4.69, 9.17) is 9.15 Å². The second-order valence-electron chi connectivity index (χ2n) is 7.58. The molecule has 0 bridgehead atoms. The van der Waals surface area contributed by atoms with E-state index in [1.54, 1.807) is 6.92 Å². The Labute approximate surface area is 143 Å². The van der Waals surface area contributed by atoms with Crippen LogP contribution >= 0.6 is 0 Å². The SMILES string of the molecule is CCN1CC2(CCN(C(=O)c3oc(C)nc3C)CC2)[C@H]2COC[C@H]21. The van der Waals surface area contributed by atoms with Crippen molar-refractivity contribution in [2.45, 2.75) is 39.7 Å². The van der Waals surface area contributed by atoms with Crippen LogP contribution in [0.2, 0.25) is 0 Å². The number of carbonyl (C=O) groups is 1. The van der Waals surface area contributed by atoms with Crippen LogP contribution in [0.1, 0.15) is 41.9 Å². The van der Waals surface area contributed by atoms with Gasteiger partial charge in [0.2, 0.25) is 5.76 Å². The number of piperidine rings is 1. The van der Waals surface area contributed by atoms with Crippen molar-refractivity contribution in [1.82, 2.24) is 14.8 Å². The van der Waals surface area contributed by atoms with Crippen LogP contribution in [0, 0.1) is 25.2 Å². The largest absolute Gasteiger partial charge is 0.436 e. The van der Waals surface area contributed by atoms with Gasteiger partial charge in [-0.2, -0.15) is 0 Å². The Kier molecular flexibility index (Phi) is 3.92. The molecule has 3 fully saturated rings. The maximum absolute atomic E-state index is 12.7. The number of oxazole rings is 1. The van der Waals surface area contributed by atoms with E-state index in [1.165, 1.54) is 0 Å². The number of likely N-dealkylation sites (tertiary alicyclic amines) is 2. The standard InChI is InChI=1S/C18H27N3O3/c1-4-20-11-18(14-9-23-10-15(14)20)5-7-21(8-6-18)17(22)16-12(2)19-13(3)24-16/h14-15H,4-11H2,1-3H3/t14-,15+/m0/s1. The zero-order chi connectivity index (χ0) is 16.9. The minimum atomic E-state index is -0.00693. The molecule has 3 saturated heterocycles. The third kappa shape index (κ3) is 2.39. The molecule has 3 aliphatic rings. The molecule has 1 amide bonds. The predicted octanol–water partition coefficient (Wildman–Crippen LogP) is 1.86. The summed E-state index contributed by atoms with van der Waals surface area (Å²) < 4.78 is 11.3. The Bertz CT molecular complexity index is 633. The van der Waals surface area contributed by atoms with Gasteiger partial charge in [-0.05, 0) is 31.7 Å². The highest BCUT2D eigenvalue weighted by molar-refractivity contribution is 5.92. The Hall–Kier alpha value is -1.40. The number of likely N-dealkylation sites (N-methyl/N-ethyl adjacent to an activating group) is 1. The topological polar surface area (TPSA) is 58.8 Å². The van der Waals surface area contributed by atoms with Crippen molar-refractivity contribution in [3.63, 3.8) is 0 Å². The van der Waals surface area contributed by atoms with Crippen molar-refractivity contribution >= 4 is 5.91 Å². The molecule has 2 atom stereocenters. The van der Waals surface area contributed by atoms with Gasteiger partial charge in [-0.25, -0.2) is 4.98 Å². The van der Waals surface area contributed by atoms with Gasteiger partial charge in [-0.3, -0.25) is 9.69 Å². The predicted molar refractivity (Wildman–Crippen MR) is 88.9 cm³/mol. The average Bonchev–Trinajstić information content (AvgIpc) is 3.25. The molecule has 1 spiro atoms. The lowest BCUT2D eigenvalue weighted by Crippen LogP contribution is -2.47. The Morgan fingerprint density at radius 3 is 2.67 bits per heavy atom. The lowest BCUT2D eigenvalue weighted by atomic mass is 9.70. The number of hydrogen-bond donors (Lipinski definition) is 0. The molecule has 6 heteroatoms. The highest BCUT2D eigenvalue weighted by atomic mass is 16.5. The minimum absolute atomic E-state index is 0.00693. The van der Waals surface area contributed by atoms with Gasteiger partial charge >= 0.3 is 0 Å². The van der Waals surface area contributed by atoms with Crippen LogP contribution in [0.25, 0.3) is 0 Å². The van der Waals surface area contributed by atoms with Crippen LogP contribution in [-0.2, 0) is 4.74 Å². The first-order valence-corrected chi connectivity index (χ1v) is 9.09. The van der Waals surface area contributed by atoms with E-state index in [-0.39, 0.29) is 5.91 Å². The molecule has 6 nitrogen and oxygen atoms in total. The van der Waals surface area contributed by atoms with E-state index in [2.05, 4.69) is 16.8 Å². The zero-order valence-corrected chi connectivity index (χ0v) is 14.9. The highest BCUT2D eigenvalue weighted by Crippen LogP contribution is 2.50. The fourth-order valence-corrected chi connectivity index (χ4v) is 5.03. The number of ether oxygens (including phenoxy) is 1. The summed E-state index contributed by atoms with van der Waals surface area (Å²) in [5.41, 5.74) is 1.01. The van der Waals surface area contributed by atoms with Crippen LogP contribution in [0.5, 0.6) is 0 Å². The van der Waals surface area contributed by atoms with Gasteiger partial charge in [0.1, 0.15) is 0 Å². The van der Waals surface area contributed by atoms with Gasteiger partial charge in [0.05, 0.1) is 18.9 Å². The van der Waals surface area contributed by atoms with Gasteiger partial charge < -0.3 is 14.1 Å². The number of nitrogens with zero attached hydrogens (tertiary/aromatic N) is 3. The van der Waals surface area contributed by atoms with E-state index in [0.29, 0.717) is 34.7 Å². The number of hydrogen-bond acceptors (Lipinski definition) is 5. The molecule has 0 unspecified atom stereocenters. The van der Waals surface area contributed by atoms with Crippen molar-refractivity contribution in [2.75, 3.05) is 39.4 Å². The molecule has 0 saturated carbocycles. The summed E-state index contributed by atoms with van der Waals surface area (Å²) in [7, 11) is 0. The van der Waals surface area contributed by atoms with Crippen LogP contribution in [0.3, 0.4) is 0 Å². The van der Waals surface area contributed by atoms with Crippen molar-refractivity contribution < 1.29 is 13.9 Å². The number of fused-ring (bicyclic) bond motifs is 2. The van der Waals surface area contributed by atoms with Crippen molar-refractivity contribution in [3.8, 4) is 0 Å². The molecule has 0 aromatic carbocycles. The summed E-state index contributed by atoms with van der Waals surface area (Å²) >= 11 is 0. The first kappa shape index (κ1) is 16.1. The van der Waals surface area contributed by atoms with E-state index in [0.717, 1.165) is 52.2 Å². The van der Waals surface area contributed by atoms with Gasteiger partial charge in [-0.1, -0.05) is 6.92 Å². The van der Waals surface area contributed by atoms with Gasteiger partial charge in [0, 0.05) is 38.5 Å². The van der Waals surface area contributed by atoms with E-state index < -0.39 is 0 Å². The maximum Gasteiger partial charge on any atom is 0.291 e. The fraction of sp³-hybridized carbons (Fsp3) is 0.778. The molecule has 4 heterocycles. The molecule has 132 valence electrons. The lowest BCUT2D eigenvalue weighted by Gasteiger charge is -2.42. The summed E-state index contributed by atoms with van der Waals surface area (Å²) in [6, 6.07) is 0.580. The van der Waals surface area contributed by atoms with Crippen LogP contribution in [-0.4, -0.2) is 66.1 Å². The van der Waals surface area contributed by atoms with Crippen molar-refractivity contribution in [2.24, 2.45) is 11.3 Å². The van der Waals surface area contributed by atoms with Gasteiger partial charge in [0.25, 0.3) is 5.91 Å². The van der Waals surface area contributed by atoms with E-state index in [1.807, 2.05) is 11.8 Å². The summed E-state index contributed by atoms with van der Waals surface area (Å²) in [5, 5.41) is 0. The zero-order valence-electron chi connectivity index (χ0n) is 14.9. The number of rotatable bonds is 2.